The van der Waals surface area contributed by atoms with Crippen LogP contribution in [0.15, 0.2) is 30.3 Å². The summed E-state index contributed by atoms with van der Waals surface area (Å²) in [6, 6.07) is 8.86. The second-order valence-electron chi connectivity index (χ2n) is 4.08. The molecule has 0 bridgehead atoms. The van der Waals surface area contributed by atoms with Gasteiger partial charge >= 0.3 is 0 Å². The normalized spacial score (nSPS) is 10.9. The Kier molecular flexibility index (Phi) is 2.09. The number of nitrogens with one attached hydrogen (secondary N) is 1. The molecule has 0 aliphatic heterocycles. The Hall–Kier alpha value is -2.76. The quantitative estimate of drug-likeness (QED) is 0.479. The number of nitrogen functional groups attached to an aromatic ring is 3. The summed E-state index contributed by atoms with van der Waals surface area (Å²) in [6.07, 6.45) is 0. The fourth-order valence-corrected chi connectivity index (χ4v) is 1.86. The maximum absolute atomic E-state index is 5.76. The van der Waals surface area contributed by atoms with Crippen LogP contribution in [0.2, 0.25) is 0 Å². The fourth-order valence-electron chi connectivity index (χ4n) is 1.86. The molecule has 0 unspecified atom stereocenters. The summed E-state index contributed by atoms with van der Waals surface area (Å²) >= 11 is 0. The molecule has 7 N–H and O–H groups in total. The standard InChI is InChI=1S/C12H12N6/c13-7-3-6(4-8(14)5-7)11-16-9-1-2-10(15)17-12(9)18-11/h1-5H,13-14H2,(H3,15,16,17,18). The zero-order chi connectivity index (χ0) is 12.7. The van der Waals surface area contributed by atoms with Crippen molar-refractivity contribution >= 4 is 28.4 Å². The largest absolute Gasteiger partial charge is 0.399 e. The Morgan fingerprint density at radius 2 is 1.61 bits per heavy atom. The van der Waals surface area contributed by atoms with E-state index in [1.165, 1.54) is 0 Å². The Labute approximate surface area is 103 Å². The number of benzene rings is 1. The minimum absolute atomic E-state index is 0.438. The molecule has 0 radical (unpaired) electrons. The van der Waals surface area contributed by atoms with E-state index in [-0.39, 0.29) is 0 Å². The van der Waals surface area contributed by atoms with Crippen molar-refractivity contribution in [1.29, 1.82) is 0 Å². The molecule has 2 aromatic heterocycles. The van der Waals surface area contributed by atoms with Gasteiger partial charge in [0, 0.05) is 16.9 Å². The minimum Gasteiger partial charge on any atom is -0.399 e. The molecule has 6 nitrogen and oxygen atoms in total. The molecule has 1 aromatic carbocycles. The van der Waals surface area contributed by atoms with E-state index >= 15 is 0 Å². The van der Waals surface area contributed by atoms with Gasteiger partial charge in [-0.05, 0) is 30.3 Å². The summed E-state index contributed by atoms with van der Waals surface area (Å²) in [5.41, 5.74) is 20.5. The van der Waals surface area contributed by atoms with Gasteiger partial charge in [0.2, 0.25) is 0 Å². The highest BCUT2D eigenvalue weighted by Crippen LogP contribution is 2.24. The number of fused-ring (bicyclic) bond motifs is 1. The van der Waals surface area contributed by atoms with Crippen molar-refractivity contribution in [3.8, 4) is 11.4 Å². The van der Waals surface area contributed by atoms with Gasteiger partial charge in [-0.15, -0.1) is 0 Å². The molecule has 18 heavy (non-hydrogen) atoms. The predicted molar refractivity (Wildman–Crippen MR) is 72.6 cm³/mol. The van der Waals surface area contributed by atoms with E-state index in [0.29, 0.717) is 28.7 Å². The summed E-state index contributed by atoms with van der Waals surface area (Å²) in [7, 11) is 0. The lowest BCUT2D eigenvalue weighted by atomic mass is 10.1. The number of anilines is 3. The molecule has 0 saturated heterocycles. The Morgan fingerprint density at radius 3 is 2.33 bits per heavy atom. The van der Waals surface area contributed by atoms with Gasteiger partial charge in [-0.25, -0.2) is 9.97 Å². The summed E-state index contributed by atoms with van der Waals surface area (Å²) in [5, 5.41) is 0. The first-order valence-electron chi connectivity index (χ1n) is 5.40. The van der Waals surface area contributed by atoms with Crippen molar-refractivity contribution in [3.63, 3.8) is 0 Å². The molecular formula is C12H12N6. The van der Waals surface area contributed by atoms with E-state index in [1.807, 2.05) is 6.07 Å². The SMILES string of the molecule is Nc1cc(N)cc(-c2nc3nc(N)ccc3[nH]2)c1. The summed E-state index contributed by atoms with van der Waals surface area (Å²) in [4.78, 5) is 11.7. The van der Waals surface area contributed by atoms with Crippen LogP contribution in [0.1, 0.15) is 0 Å². The molecule has 2 heterocycles. The van der Waals surface area contributed by atoms with E-state index in [2.05, 4.69) is 15.0 Å². The van der Waals surface area contributed by atoms with Crippen LogP contribution in [0.3, 0.4) is 0 Å². The Bertz CT molecular complexity index is 710. The van der Waals surface area contributed by atoms with Crippen LogP contribution in [0, 0.1) is 0 Å². The summed E-state index contributed by atoms with van der Waals surface area (Å²) in [6.45, 7) is 0. The number of rotatable bonds is 1. The van der Waals surface area contributed by atoms with Gasteiger partial charge in [-0.2, -0.15) is 0 Å². The van der Waals surface area contributed by atoms with Crippen LogP contribution < -0.4 is 17.2 Å². The van der Waals surface area contributed by atoms with Crippen LogP contribution in [0.4, 0.5) is 17.2 Å². The molecule has 6 heteroatoms. The van der Waals surface area contributed by atoms with Crippen molar-refractivity contribution in [1.82, 2.24) is 15.0 Å². The highest BCUT2D eigenvalue weighted by Gasteiger charge is 2.07. The van der Waals surface area contributed by atoms with Crippen LogP contribution in [-0.2, 0) is 0 Å². The second kappa shape index (κ2) is 3.63. The first-order valence-corrected chi connectivity index (χ1v) is 5.40. The highest BCUT2D eigenvalue weighted by molar-refractivity contribution is 5.79. The predicted octanol–water partition coefficient (Wildman–Crippen LogP) is 1.37. The number of hydrogen-bond donors (Lipinski definition) is 4. The third kappa shape index (κ3) is 1.69. The maximum Gasteiger partial charge on any atom is 0.180 e. The average Bonchev–Trinajstić information content (AvgIpc) is 2.70. The number of nitrogens with zero attached hydrogens (tertiary/aromatic N) is 2. The topological polar surface area (TPSA) is 120 Å². The fraction of sp³-hybridized carbons (Fsp3) is 0. The van der Waals surface area contributed by atoms with Gasteiger partial charge < -0.3 is 22.2 Å². The van der Waals surface area contributed by atoms with Crippen molar-refractivity contribution in [2.75, 3.05) is 17.2 Å². The number of imidazole rings is 1. The molecule has 0 aliphatic carbocycles. The zero-order valence-corrected chi connectivity index (χ0v) is 9.51. The molecule has 90 valence electrons. The molecule has 3 aromatic rings. The van der Waals surface area contributed by atoms with Crippen LogP contribution >= 0.6 is 0 Å². The number of pyridine rings is 1. The first kappa shape index (κ1) is 10.4. The van der Waals surface area contributed by atoms with E-state index in [0.717, 1.165) is 11.1 Å². The van der Waals surface area contributed by atoms with Gasteiger partial charge in [-0.3, -0.25) is 0 Å². The van der Waals surface area contributed by atoms with E-state index < -0.39 is 0 Å². The van der Waals surface area contributed by atoms with Crippen molar-refractivity contribution in [2.45, 2.75) is 0 Å². The van der Waals surface area contributed by atoms with Crippen LogP contribution in [0.5, 0.6) is 0 Å². The number of aromatic nitrogens is 3. The van der Waals surface area contributed by atoms with Crippen molar-refractivity contribution in [3.05, 3.63) is 30.3 Å². The molecule has 0 amide bonds. The molecule has 0 spiro atoms. The molecule has 3 rings (SSSR count). The second-order valence-corrected chi connectivity index (χ2v) is 4.08. The summed E-state index contributed by atoms with van der Waals surface area (Å²) < 4.78 is 0. The molecule has 0 atom stereocenters. The Morgan fingerprint density at radius 1 is 0.889 bits per heavy atom. The smallest absolute Gasteiger partial charge is 0.180 e. The van der Waals surface area contributed by atoms with Gasteiger partial charge in [0.1, 0.15) is 11.6 Å². The summed E-state index contributed by atoms with van der Waals surface area (Å²) in [5.74, 6) is 1.11. The Balaban J connectivity index is 2.19. The van der Waals surface area contributed by atoms with Crippen LogP contribution in [0.25, 0.3) is 22.6 Å². The lowest BCUT2D eigenvalue weighted by Crippen LogP contribution is -1.92. The van der Waals surface area contributed by atoms with Gasteiger partial charge in [-0.1, -0.05) is 0 Å². The van der Waals surface area contributed by atoms with E-state index in [9.17, 15) is 0 Å². The monoisotopic (exact) mass is 240 g/mol. The van der Waals surface area contributed by atoms with E-state index in [4.69, 9.17) is 17.2 Å². The van der Waals surface area contributed by atoms with Crippen molar-refractivity contribution in [2.24, 2.45) is 0 Å². The third-order valence-corrected chi connectivity index (χ3v) is 2.62. The van der Waals surface area contributed by atoms with Gasteiger partial charge in [0.25, 0.3) is 0 Å². The minimum atomic E-state index is 0.438. The lowest BCUT2D eigenvalue weighted by Gasteiger charge is -2.01. The van der Waals surface area contributed by atoms with Gasteiger partial charge in [0.15, 0.2) is 5.65 Å². The zero-order valence-electron chi connectivity index (χ0n) is 9.51. The number of aromatic amines is 1. The van der Waals surface area contributed by atoms with Gasteiger partial charge in [0.05, 0.1) is 5.52 Å². The number of hydrogen-bond acceptors (Lipinski definition) is 5. The van der Waals surface area contributed by atoms with Crippen molar-refractivity contribution < 1.29 is 0 Å². The van der Waals surface area contributed by atoms with Crippen LogP contribution in [-0.4, -0.2) is 15.0 Å². The lowest BCUT2D eigenvalue weighted by molar-refractivity contribution is 1.30. The number of nitrogens with two attached hydrogens (primary N) is 3. The highest BCUT2D eigenvalue weighted by atomic mass is 15.0. The average molecular weight is 240 g/mol. The third-order valence-electron chi connectivity index (χ3n) is 2.62. The molecule has 0 fully saturated rings. The first-order chi connectivity index (χ1) is 8.61. The maximum atomic E-state index is 5.76. The molecule has 0 aliphatic rings. The molecule has 0 saturated carbocycles. The van der Waals surface area contributed by atoms with E-state index in [1.54, 1.807) is 24.3 Å². The number of H-pyrrole nitrogens is 1. The molecular weight excluding hydrogens is 228 g/mol.